The molecule has 0 saturated heterocycles. The van der Waals surface area contributed by atoms with E-state index in [0.717, 1.165) is 30.3 Å². The van der Waals surface area contributed by atoms with Gasteiger partial charge in [-0.25, -0.2) is 4.98 Å². The minimum Gasteiger partial charge on any atom is -0.389 e. The second-order valence-corrected chi connectivity index (χ2v) is 8.09. The van der Waals surface area contributed by atoms with Gasteiger partial charge in [0.25, 0.3) is 5.96 Å². The first kappa shape index (κ1) is 14.7. The van der Waals surface area contributed by atoms with Crippen molar-refractivity contribution in [3.8, 4) is 0 Å². The van der Waals surface area contributed by atoms with Gasteiger partial charge in [0.05, 0.1) is 30.0 Å². The van der Waals surface area contributed by atoms with Crippen LogP contribution >= 0.6 is 0 Å². The molecule has 0 bridgehead atoms. The van der Waals surface area contributed by atoms with E-state index in [0.29, 0.717) is 18.4 Å². The van der Waals surface area contributed by atoms with E-state index in [1.165, 1.54) is 25.7 Å². The Hall–Kier alpha value is -2.42. The number of rotatable bonds is 2. The Labute approximate surface area is 150 Å². The Morgan fingerprint density at radius 2 is 2.15 bits per heavy atom. The minimum absolute atomic E-state index is 0.139. The SMILES string of the molecule is OC1(Cc2cn(C3=NNC4C5CCCCC5n5cncc5N34)nn2)CC1. The summed E-state index contributed by atoms with van der Waals surface area (Å²) in [5.74, 6) is 2.28. The molecule has 2 aromatic heterocycles. The Bertz CT molecular complexity index is 881. The third-order valence-electron chi connectivity index (χ3n) is 6.31. The lowest BCUT2D eigenvalue weighted by Gasteiger charge is -2.45. The van der Waals surface area contributed by atoms with E-state index in [2.05, 4.69) is 35.3 Å². The van der Waals surface area contributed by atoms with Crippen molar-refractivity contribution in [2.45, 2.75) is 62.8 Å². The van der Waals surface area contributed by atoms with Crippen LogP contribution in [-0.2, 0) is 6.42 Å². The molecule has 0 spiro atoms. The first-order valence-corrected chi connectivity index (χ1v) is 9.50. The summed E-state index contributed by atoms with van der Waals surface area (Å²) in [5.41, 5.74) is 3.57. The number of aromatic nitrogens is 5. The van der Waals surface area contributed by atoms with Crippen LogP contribution in [-0.4, -0.2) is 47.4 Å². The molecule has 0 aromatic carbocycles. The minimum atomic E-state index is -0.571. The average molecular weight is 354 g/mol. The highest BCUT2D eigenvalue weighted by Gasteiger charge is 2.47. The smallest absolute Gasteiger partial charge is 0.252 e. The maximum absolute atomic E-state index is 10.1. The van der Waals surface area contributed by atoms with Crippen LogP contribution < -0.4 is 10.3 Å². The summed E-state index contributed by atoms with van der Waals surface area (Å²) in [6.45, 7) is 0. The van der Waals surface area contributed by atoms with E-state index < -0.39 is 5.60 Å². The lowest BCUT2D eigenvalue weighted by atomic mass is 9.80. The third kappa shape index (κ3) is 2.06. The number of fused-ring (bicyclic) bond motifs is 6. The number of nitrogens with zero attached hydrogens (tertiary/aromatic N) is 7. The summed E-state index contributed by atoms with van der Waals surface area (Å²) >= 11 is 0. The molecule has 2 aliphatic carbocycles. The zero-order valence-electron chi connectivity index (χ0n) is 14.5. The van der Waals surface area contributed by atoms with Gasteiger partial charge in [0.1, 0.15) is 12.0 Å². The molecule has 136 valence electrons. The first-order valence-electron chi connectivity index (χ1n) is 9.50. The summed E-state index contributed by atoms with van der Waals surface area (Å²) in [6.07, 6.45) is 13.0. The lowest BCUT2D eigenvalue weighted by molar-refractivity contribution is 0.149. The van der Waals surface area contributed by atoms with Crippen molar-refractivity contribution in [3.05, 3.63) is 24.4 Å². The number of hydrogen-bond acceptors (Lipinski definition) is 7. The van der Waals surface area contributed by atoms with Gasteiger partial charge in [-0.1, -0.05) is 18.1 Å². The zero-order chi connectivity index (χ0) is 17.3. The van der Waals surface area contributed by atoms with Gasteiger partial charge in [-0.2, -0.15) is 4.68 Å². The summed E-state index contributed by atoms with van der Waals surface area (Å²) in [5, 5.41) is 23.2. The third-order valence-corrected chi connectivity index (χ3v) is 6.31. The van der Waals surface area contributed by atoms with Crippen molar-refractivity contribution in [1.82, 2.24) is 30.0 Å². The average Bonchev–Trinajstić information content (AvgIpc) is 3.11. The van der Waals surface area contributed by atoms with Crippen LogP contribution in [0.2, 0.25) is 0 Å². The van der Waals surface area contributed by atoms with Gasteiger partial charge in [-0.3, -0.25) is 10.3 Å². The normalized spacial score (nSPS) is 30.9. The molecule has 6 rings (SSSR count). The van der Waals surface area contributed by atoms with Crippen molar-refractivity contribution in [3.63, 3.8) is 0 Å². The van der Waals surface area contributed by atoms with Crippen molar-refractivity contribution in [2.24, 2.45) is 11.0 Å². The molecule has 0 amide bonds. The lowest BCUT2D eigenvalue weighted by Crippen LogP contribution is -2.54. The molecule has 3 unspecified atom stereocenters. The van der Waals surface area contributed by atoms with Crippen LogP contribution in [0, 0.1) is 5.92 Å². The summed E-state index contributed by atoms with van der Waals surface area (Å²) < 4.78 is 4.02. The molecule has 26 heavy (non-hydrogen) atoms. The molecule has 2 aromatic rings. The van der Waals surface area contributed by atoms with Gasteiger partial charge >= 0.3 is 0 Å². The quantitative estimate of drug-likeness (QED) is 0.830. The van der Waals surface area contributed by atoms with Crippen LogP contribution in [0.1, 0.15) is 50.3 Å². The van der Waals surface area contributed by atoms with E-state index in [1.807, 2.05) is 18.7 Å². The largest absolute Gasteiger partial charge is 0.389 e. The fourth-order valence-corrected chi connectivity index (χ4v) is 4.78. The second-order valence-electron chi connectivity index (χ2n) is 8.09. The molecule has 9 heteroatoms. The highest BCUT2D eigenvalue weighted by molar-refractivity contribution is 5.98. The Kier molecular flexibility index (Phi) is 2.87. The van der Waals surface area contributed by atoms with E-state index in [9.17, 15) is 5.11 Å². The standard InChI is InChI=1S/C17H22N8O/c26-17(5-6-17)7-11-9-24(22-19-11)16-21-20-15-12-3-1-2-4-13(12)23-10-18-8-14(23)25(15)16/h8-10,12-13,15,20,26H,1-7H2. The number of anilines is 1. The fourth-order valence-electron chi connectivity index (χ4n) is 4.78. The van der Waals surface area contributed by atoms with Crippen LogP contribution in [0.5, 0.6) is 0 Å². The van der Waals surface area contributed by atoms with Crippen molar-refractivity contribution in [2.75, 3.05) is 4.90 Å². The monoisotopic (exact) mass is 354 g/mol. The van der Waals surface area contributed by atoms with E-state index in [4.69, 9.17) is 0 Å². The highest BCUT2D eigenvalue weighted by Crippen LogP contribution is 2.45. The molecule has 3 atom stereocenters. The summed E-state index contributed by atoms with van der Waals surface area (Å²) in [6, 6.07) is 0.486. The first-order chi connectivity index (χ1) is 12.7. The number of imidazole rings is 1. The predicted molar refractivity (Wildman–Crippen MR) is 93.4 cm³/mol. The van der Waals surface area contributed by atoms with E-state index in [-0.39, 0.29) is 6.17 Å². The molecule has 2 aliphatic heterocycles. The van der Waals surface area contributed by atoms with Gasteiger partial charge in [0.2, 0.25) is 0 Å². The summed E-state index contributed by atoms with van der Waals surface area (Å²) in [7, 11) is 0. The van der Waals surface area contributed by atoms with Crippen LogP contribution in [0.4, 0.5) is 5.82 Å². The fraction of sp³-hybridized carbons (Fsp3) is 0.647. The molecule has 4 aliphatic rings. The molecule has 4 heterocycles. The molecular formula is C17H22N8O. The van der Waals surface area contributed by atoms with Crippen molar-refractivity contribution < 1.29 is 5.11 Å². The van der Waals surface area contributed by atoms with Crippen LogP contribution in [0.15, 0.2) is 23.8 Å². The molecular weight excluding hydrogens is 332 g/mol. The predicted octanol–water partition coefficient (Wildman–Crippen LogP) is 0.842. The van der Waals surface area contributed by atoms with Gasteiger partial charge in [-0.15, -0.1) is 10.2 Å². The Balaban J connectivity index is 1.35. The van der Waals surface area contributed by atoms with Gasteiger partial charge in [0.15, 0.2) is 0 Å². The second kappa shape index (κ2) is 5.06. The van der Waals surface area contributed by atoms with Crippen molar-refractivity contribution in [1.29, 1.82) is 0 Å². The number of hydrazone groups is 1. The maximum Gasteiger partial charge on any atom is 0.252 e. The molecule has 0 radical (unpaired) electrons. The molecule has 2 fully saturated rings. The Morgan fingerprint density at radius 3 is 3.04 bits per heavy atom. The van der Waals surface area contributed by atoms with Crippen molar-refractivity contribution >= 4 is 11.8 Å². The van der Waals surface area contributed by atoms with Gasteiger partial charge in [0, 0.05) is 18.4 Å². The van der Waals surface area contributed by atoms with Gasteiger partial charge in [-0.05, 0) is 25.7 Å². The maximum atomic E-state index is 10.1. The zero-order valence-corrected chi connectivity index (χ0v) is 14.5. The van der Waals surface area contributed by atoms with Crippen LogP contribution in [0.3, 0.4) is 0 Å². The molecule has 2 saturated carbocycles. The number of aliphatic hydroxyl groups is 1. The number of hydrogen-bond donors (Lipinski definition) is 2. The Morgan fingerprint density at radius 1 is 1.27 bits per heavy atom. The molecule has 9 nitrogen and oxygen atoms in total. The molecule has 2 N–H and O–H groups in total. The van der Waals surface area contributed by atoms with Gasteiger partial charge < -0.3 is 9.67 Å². The van der Waals surface area contributed by atoms with Crippen LogP contribution in [0.25, 0.3) is 0 Å². The highest BCUT2D eigenvalue weighted by atomic mass is 16.3. The van der Waals surface area contributed by atoms with E-state index in [1.54, 1.807) is 4.68 Å². The van der Waals surface area contributed by atoms with E-state index >= 15 is 0 Å². The summed E-state index contributed by atoms with van der Waals surface area (Å²) in [4.78, 5) is 6.60. The number of nitrogens with one attached hydrogen (secondary N) is 1. The topological polar surface area (TPSA) is 96.4 Å².